The summed E-state index contributed by atoms with van der Waals surface area (Å²) in [5.41, 5.74) is 9.67. The van der Waals surface area contributed by atoms with Gasteiger partial charge in [0.1, 0.15) is 11.5 Å². The van der Waals surface area contributed by atoms with Gasteiger partial charge in [0.2, 0.25) is 0 Å². The molecule has 0 saturated heterocycles. The number of anilines is 3. The first-order valence-electron chi connectivity index (χ1n) is 17.3. The number of carbonyl (C=O) groups is 2. The predicted octanol–water partition coefficient (Wildman–Crippen LogP) is 11.0. The third kappa shape index (κ3) is 10.8. The molecule has 0 aliphatic rings. The zero-order valence-electron chi connectivity index (χ0n) is 29.8. The molecule has 5 rings (SSSR count). The lowest BCUT2D eigenvalue weighted by Gasteiger charge is -2.26. The summed E-state index contributed by atoms with van der Waals surface area (Å²) in [4.78, 5) is 25.4. The number of esters is 1. The Kier molecular flexibility index (Phi) is 13.0. The minimum atomic E-state index is -0.737. The first-order valence-corrected chi connectivity index (χ1v) is 17.3. The van der Waals surface area contributed by atoms with Crippen LogP contribution in [0.2, 0.25) is 0 Å². The zero-order chi connectivity index (χ0) is 36.0. The average Bonchev–Trinajstić information content (AvgIpc) is 3.14. The fraction of sp³-hybridized carbons (Fsp3) is 0.227. The zero-order valence-corrected chi connectivity index (χ0v) is 29.8. The van der Waals surface area contributed by atoms with Crippen molar-refractivity contribution in [3.05, 3.63) is 149 Å². The van der Waals surface area contributed by atoms with E-state index >= 15 is 0 Å². The van der Waals surface area contributed by atoms with Gasteiger partial charge < -0.3 is 23.8 Å². The highest BCUT2D eigenvalue weighted by Crippen LogP contribution is 2.36. The molecule has 0 saturated carbocycles. The summed E-state index contributed by atoms with van der Waals surface area (Å²) in [7, 11) is 1.65. The number of carbonyl (C=O) groups excluding carboxylic acids is 2. The minimum Gasteiger partial charge on any atom is -0.497 e. The van der Waals surface area contributed by atoms with Crippen LogP contribution in [0.4, 0.5) is 21.9 Å². The van der Waals surface area contributed by atoms with Gasteiger partial charge >= 0.3 is 12.1 Å². The molecule has 7 heteroatoms. The summed E-state index contributed by atoms with van der Waals surface area (Å²) in [6.07, 6.45) is 4.67. The van der Waals surface area contributed by atoms with Gasteiger partial charge in [-0.3, -0.25) is 4.79 Å². The quantitative estimate of drug-likeness (QED) is 0.0470. The van der Waals surface area contributed by atoms with Gasteiger partial charge in [0.25, 0.3) is 0 Å². The fourth-order valence-electron chi connectivity index (χ4n) is 5.58. The molecule has 5 aromatic carbocycles. The predicted molar refractivity (Wildman–Crippen MR) is 204 cm³/mol. The van der Waals surface area contributed by atoms with E-state index in [0.29, 0.717) is 18.8 Å². The molecule has 262 valence electrons. The van der Waals surface area contributed by atoms with Gasteiger partial charge in [-0.2, -0.15) is 0 Å². The van der Waals surface area contributed by atoms with Crippen LogP contribution >= 0.6 is 0 Å². The third-order valence-electron chi connectivity index (χ3n) is 8.38. The number of hydrogen-bond donors (Lipinski definition) is 0. The number of nitrogens with zero attached hydrogens (tertiary/aromatic N) is 1. The fourth-order valence-corrected chi connectivity index (χ4v) is 5.58. The SMILES string of the molecule is COc1ccc(C(=Cc2ccc(N(c3ccc(C)cc3)c3ccc(C)cc3)cc2)c2ccc(OC(=O)OCCCCCCOC(C)=O)cc2)cc1. The van der Waals surface area contributed by atoms with Gasteiger partial charge in [-0.15, -0.1) is 0 Å². The summed E-state index contributed by atoms with van der Waals surface area (Å²) >= 11 is 0. The molecule has 0 aliphatic carbocycles. The standard InChI is InChI=1S/C44H45NO6/c1-32-9-19-38(20-10-32)45(39-21-11-33(2)12-22-39)40-23-13-35(14-24-40)31-43(36-15-25-41(48-4)26-16-36)37-17-27-42(28-18-37)51-44(47)50-30-8-6-5-7-29-49-34(3)46/h9-28,31H,5-8,29-30H2,1-4H3. The monoisotopic (exact) mass is 683 g/mol. The van der Waals surface area contributed by atoms with Crippen molar-refractivity contribution in [3.8, 4) is 11.5 Å². The number of unbranched alkanes of at least 4 members (excludes halogenated alkanes) is 3. The topological polar surface area (TPSA) is 74.3 Å². The maximum atomic E-state index is 12.3. The van der Waals surface area contributed by atoms with Crippen molar-refractivity contribution in [2.24, 2.45) is 0 Å². The van der Waals surface area contributed by atoms with E-state index in [-0.39, 0.29) is 12.6 Å². The van der Waals surface area contributed by atoms with E-state index in [9.17, 15) is 9.59 Å². The maximum Gasteiger partial charge on any atom is 0.513 e. The van der Waals surface area contributed by atoms with Crippen LogP contribution < -0.4 is 14.4 Å². The van der Waals surface area contributed by atoms with E-state index in [1.807, 2.05) is 36.4 Å². The largest absolute Gasteiger partial charge is 0.513 e. The summed E-state index contributed by atoms with van der Waals surface area (Å²) in [5, 5.41) is 0. The molecule has 0 fully saturated rings. The molecule has 0 heterocycles. The molecule has 0 N–H and O–H groups in total. The number of rotatable bonds is 15. The van der Waals surface area contributed by atoms with Gasteiger partial charge in [-0.25, -0.2) is 4.79 Å². The molecular formula is C44H45NO6. The van der Waals surface area contributed by atoms with Crippen LogP contribution in [0, 0.1) is 13.8 Å². The van der Waals surface area contributed by atoms with Gasteiger partial charge in [0, 0.05) is 24.0 Å². The van der Waals surface area contributed by atoms with E-state index in [1.54, 1.807) is 19.2 Å². The number of methoxy groups -OCH3 is 1. The first-order chi connectivity index (χ1) is 24.8. The molecule has 0 aliphatic heterocycles. The van der Waals surface area contributed by atoms with Crippen LogP contribution in [0.25, 0.3) is 11.6 Å². The average molecular weight is 684 g/mol. The lowest BCUT2D eigenvalue weighted by Crippen LogP contribution is -2.11. The number of hydrogen-bond acceptors (Lipinski definition) is 7. The molecule has 0 amide bonds. The molecule has 7 nitrogen and oxygen atoms in total. The highest BCUT2D eigenvalue weighted by atomic mass is 16.7. The van der Waals surface area contributed by atoms with Crippen LogP contribution in [-0.4, -0.2) is 32.4 Å². The van der Waals surface area contributed by atoms with E-state index in [2.05, 4.69) is 97.6 Å². The van der Waals surface area contributed by atoms with Crippen molar-refractivity contribution in [3.63, 3.8) is 0 Å². The lowest BCUT2D eigenvalue weighted by molar-refractivity contribution is -0.141. The van der Waals surface area contributed by atoms with Crippen LogP contribution in [0.5, 0.6) is 11.5 Å². The highest BCUT2D eigenvalue weighted by molar-refractivity contribution is 5.92. The summed E-state index contributed by atoms with van der Waals surface area (Å²) in [6, 6.07) is 41.0. The minimum absolute atomic E-state index is 0.265. The molecule has 0 atom stereocenters. The first kappa shape index (κ1) is 36.5. The Morgan fingerprint density at radius 2 is 1.02 bits per heavy atom. The van der Waals surface area contributed by atoms with Crippen LogP contribution in [0.1, 0.15) is 60.4 Å². The molecule has 51 heavy (non-hydrogen) atoms. The molecular weight excluding hydrogens is 638 g/mol. The Morgan fingerprint density at radius 1 is 0.569 bits per heavy atom. The van der Waals surface area contributed by atoms with Crippen molar-refractivity contribution in [2.45, 2.75) is 46.5 Å². The number of ether oxygens (including phenoxy) is 4. The Bertz CT molecular complexity index is 1830. The van der Waals surface area contributed by atoms with E-state index < -0.39 is 6.16 Å². The van der Waals surface area contributed by atoms with Crippen LogP contribution in [-0.2, 0) is 14.3 Å². The highest BCUT2D eigenvalue weighted by Gasteiger charge is 2.14. The van der Waals surface area contributed by atoms with Crippen molar-refractivity contribution in [1.82, 2.24) is 0 Å². The normalized spacial score (nSPS) is 11.1. The van der Waals surface area contributed by atoms with E-state index in [4.69, 9.17) is 18.9 Å². The van der Waals surface area contributed by atoms with Gasteiger partial charge in [0.15, 0.2) is 0 Å². The second kappa shape index (κ2) is 18.3. The Balaban J connectivity index is 1.31. The maximum absolute atomic E-state index is 12.3. The van der Waals surface area contributed by atoms with E-state index in [0.717, 1.165) is 64.3 Å². The lowest BCUT2D eigenvalue weighted by atomic mass is 9.95. The van der Waals surface area contributed by atoms with Crippen molar-refractivity contribution >= 4 is 40.8 Å². The number of aryl methyl sites for hydroxylation is 2. The summed E-state index contributed by atoms with van der Waals surface area (Å²) in [6.45, 7) is 6.27. The Morgan fingerprint density at radius 3 is 1.49 bits per heavy atom. The Hall–Kier alpha value is -5.82. The van der Waals surface area contributed by atoms with Crippen LogP contribution in [0.3, 0.4) is 0 Å². The van der Waals surface area contributed by atoms with Crippen molar-refractivity contribution in [1.29, 1.82) is 0 Å². The van der Waals surface area contributed by atoms with Crippen molar-refractivity contribution in [2.75, 3.05) is 25.2 Å². The molecule has 0 radical (unpaired) electrons. The summed E-state index contributed by atoms with van der Waals surface area (Å²) in [5.74, 6) is 0.905. The second-order valence-electron chi connectivity index (χ2n) is 12.4. The smallest absolute Gasteiger partial charge is 0.497 e. The van der Waals surface area contributed by atoms with Gasteiger partial charge in [0.05, 0.1) is 20.3 Å². The Labute approximate surface area is 301 Å². The molecule has 0 unspecified atom stereocenters. The molecule has 0 spiro atoms. The van der Waals surface area contributed by atoms with Gasteiger partial charge in [-0.05, 0) is 129 Å². The molecule has 5 aromatic rings. The van der Waals surface area contributed by atoms with E-state index in [1.165, 1.54) is 18.1 Å². The van der Waals surface area contributed by atoms with Crippen molar-refractivity contribution < 1.29 is 28.5 Å². The van der Waals surface area contributed by atoms with Crippen LogP contribution in [0.15, 0.2) is 121 Å². The molecule has 0 bridgehead atoms. The second-order valence-corrected chi connectivity index (χ2v) is 12.4. The van der Waals surface area contributed by atoms with Gasteiger partial charge in [-0.1, -0.05) is 71.8 Å². The number of benzene rings is 5. The molecule has 0 aromatic heterocycles. The summed E-state index contributed by atoms with van der Waals surface area (Å²) < 4.78 is 21.0. The third-order valence-corrected chi connectivity index (χ3v) is 8.38.